The van der Waals surface area contributed by atoms with Gasteiger partial charge in [-0.25, -0.2) is 0 Å². The van der Waals surface area contributed by atoms with Crippen molar-refractivity contribution in [2.45, 2.75) is 45.7 Å². The lowest BCUT2D eigenvalue weighted by Gasteiger charge is -2.36. The normalized spacial score (nSPS) is 27.8. The molecule has 0 aromatic heterocycles. The number of thioether (sulfide) groups is 1. The topological polar surface area (TPSA) is 66.6 Å². The number of nitrogens with zero attached hydrogens (tertiary/aromatic N) is 2. The molecule has 2 amide bonds. The zero-order valence-electron chi connectivity index (χ0n) is 12.6. The first-order valence-corrected chi connectivity index (χ1v) is 8.39. The summed E-state index contributed by atoms with van der Waals surface area (Å²) in [6, 6.07) is -0.231. The molecule has 0 spiro atoms. The number of carbonyl (C=O) groups is 2. The third-order valence-electron chi connectivity index (χ3n) is 3.84. The van der Waals surface area contributed by atoms with Gasteiger partial charge in [0, 0.05) is 30.3 Å². The molecular weight excluding hydrogens is 274 g/mol. The van der Waals surface area contributed by atoms with E-state index in [9.17, 15) is 9.59 Å². The molecule has 6 heteroatoms. The zero-order valence-corrected chi connectivity index (χ0v) is 13.4. The standard InChI is InChI=1S/C14H25N3O2S/c1-14(2,3)13(19)17-9-20-8-11(17)12(18)16-6-4-5-10(15)7-16/h10-11H,4-9,15H2,1-3H3. The Morgan fingerprint density at radius 1 is 1.30 bits per heavy atom. The van der Waals surface area contributed by atoms with Gasteiger partial charge in [0.15, 0.2) is 0 Å². The van der Waals surface area contributed by atoms with Gasteiger partial charge in [0.05, 0.1) is 5.88 Å². The lowest BCUT2D eigenvalue weighted by Crippen LogP contribution is -2.55. The summed E-state index contributed by atoms with van der Waals surface area (Å²) in [5.41, 5.74) is 5.50. The highest BCUT2D eigenvalue weighted by Gasteiger charge is 2.41. The van der Waals surface area contributed by atoms with Gasteiger partial charge in [0.1, 0.15) is 6.04 Å². The smallest absolute Gasteiger partial charge is 0.246 e. The number of likely N-dealkylation sites (tertiary alicyclic amines) is 1. The number of rotatable bonds is 1. The molecule has 0 radical (unpaired) electrons. The SMILES string of the molecule is CC(C)(C)C(=O)N1CSCC1C(=O)N1CCCC(N)C1. The van der Waals surface area contributed by atoms with Crippen LogP contribution in [0, 0.1) is 5.41 Å². The van der Waals surface area contributed by atoms with Gasteiger partial charge in [-0.1, -0.05) is 20.8 Å². The number of amides is 2. The van der Waals surface area contributed by atoms with Crippen LogP contribution in [0.2, 0.25) is 0 Å². The van der Waals surface area contributed by atoms with Crippen molar-refractivity contribution in [1.29, 1.82) is 0 Å². The van der Waals surface area contributed by atoms with Crippen molar-refractivity contribution in [3.63, 3.8) is 0 Å². The second kappa shape index (κ2) is 5.93. The van der Waals surface area contributed by atoms with Gasteiger partial charge < -0.3 is 15.5 Å². The average Bonchev–Trinajstić information content (AvgIpc) is 2.84. The summed E-state index contributed by atoms with van der Waals surface area (Å²) in [7, 11) is 0. The first-order valence-electron chi connectivity index (χ1n) is 7.24. The molecule has 2 rings (SSSR count). The van der Waals surface area contributed by atoms with E-state index in [1.54, 1.807) is 16.7 Å². The van der Waals surface area contributed by atoms with Gasteiger partial charge in [0.25, 0.3) is 0 Å². The number of nitrogens with two attached hydrogens (primary N) is 1. The van der Waals surface area contributed by atoms with E-state index in [1.165, 1.54) is 0 Å². The Kier molecular flexibility index (Phi) is 4.64. The van der Waals surface area contributed by atoms with Gasteiger partial charge in [-0.15, -0.1) is 11.8 Å². The molecule has 0 saturated carbocycles. The van der Waals surface area contributed by atoms with E-state index in [0.29, 0.717) is 18.2 Å². The van der Waals surface area contributed by atoms with Gasteiger partial charge in [0.2, 0.25) is 11.8 Å². The third kappa shape index (κ3) is 3.28. The summed E-state index contributed by atoms with van der Waals surface area (Å²) in [6.45, 7) is 7.09. The molecule has 2 aliphatic rings. The maximum Gasteiger partial charge on any atom is 0.246 e. The highest BCUT2D eigenvalue weighted by Crippen LogP contribution is 2.28. The number of piperidine rings is 1. The molecule has 2 saturated heterocycles. The van der Waals surface area contributed by atoms with Crippen molar-refractivity contribution in [1.82, 2.24) is 9.80 Å². The first kappa shape index (κ1) is 15.6. The Labute approximate surface area is 125 Å². The molecule has 114 valence electrons. The largest absolute Gasteiger partial charge is 0.339 e. The zero-order chi connectivity index (χ0) is 14.9. The van der Waals surface area contributed by atoms with Crippen LogP contribution in [0.5, 0.6) is 0 Å². The maximum atomic E-state index is 12.7. The molecule has 2 heterocycles. The molecule has 0 aromatic carbocycles. The van der Waals surface area contributed by atoms with Crippen LogP contribution in [0.4, 0.5) is 0 Å². The lowest BCUT2D eigenvalue weighted by molar-refractivity contribution is -0.148. The molecule has 0 aromatic rings. The Morgan fingerprint density at radius 2 is 2.00 bits per heavy atom. The Balaban J connectivity index is 2.06. The second-order valence-electron chi connectivity index (χ2n) is 6.73. The van der Waals surface area contributed by atoms with Crippen LogP contribution in [-0.4, -0.2) is 58.4 Å². The maximum absolute atomic E-state index is 12.7. The van der Waals surface area contributed by atoms with Crippen LogP contribution in [0.3, 0.4) is 0 Å². The highest BCUT2D eigenvalue weighted by atomic mass is 32.2. The molecule has 20 heavy (non-hydrogen) atoms. The van der Waals surface area contributed by atoms with Crippen molar-refractivity contribution >= 4 is 23.6 Å². The van der Waals surface area contributed by atoms with E-state index < -0.39 is 5.41 Å². The number of hydrogen-bond acceptors (Lipinski definition) is 4. The van der Waals surface area contributed by atoms with Crippen molar-refractivity contribution in [2.75, 3.05) is 24.7 Å². The van der Waals surface area contributed by atoms with Gasteiger partial charge in [-0.2, -0.15) is 0 Å². The molecule has 2 aliphatic heterocycles. The summed E-state index contributed by atoms with van der Waals surface area (Å²) in [6.07, 6.45) is 1.94. The van der Waals surface area contributed by atoms with E-state index >= 15 is 0 Å². The predicted molar refractivity (Wildman–Crippen MR) is 81.2 cm³/mol. The number of carbonyl (C=O) groups excluding carboxylic acids is 2. The fourth-order valence-electron chi connectivity index (χ4n) is 2.70. The summed E-state index contributed by atoms with van der Waals surface area (Å²) in [4.78, 5) is 28.7. The van der Waals surface area contributed by atoms with Crippen LogP contribution in [0.15, 0.2) is 0 Å². The Morgan fingerprint density at radius 3 is 2.60 bits per heavy atom. The summed E-state index contributed by atoms with van der Waals surface area (Å²) >= 11 is 1.65. The predicted octanol–water partition coefficient (Wildman–Crippen LogP) is 0.884. The van der Waals surface area contributed by atoms with E-state index in [1.807, 2.05) is 25.7 Å². The van der Waals surface area contributed by atoms with E-state index in [-0.39, 0.29) is 23.9 Å². The van der Waals surface area contributed by atoms with Crippen molar-refractivity contribution in [2.24, 2.45) is 11.1 Å². The van der Waals surface area contributed by atoms with Crippen LogP contribution < -0.4 is 5.73 Å². The average molecular weight is 299 g/mol. The molecule has 2 fully saturated rings. The van der Waals surface area contributed by atoms with Gasteiger partial charge in [-0.05, 0) is 12.8 Å². The fraction of sp³-hybridized carbons (Fsp3) is 0.857. The van der Waals surface area contributed by atoms with E-state index in [4.69, 9.17) is 5.73 Å². The van der Waals surface area contributed by atoms with E-state index in [0.717, 1.165) is 19.4 Å². The van der Waals surface area contributed by atoms with Crippen molar-refractivity contribution < 1.29 is 9.59 Å². The number of hydrogen-bond donors (Lipinski definition) is 1. The van der Waals surface area contributed by atoms with Crippen molar-refractivity contribution in [3.8, 4) is 0 Å². The molecule has 0 aliphatic carbocycles. The minimum absolute atomic E-state index is 0.0576. The van der Waals surface area contributed by atoms with Crippen LogP contribution in [0.25, 0.3) is 0 Å². The quantitative estimate of drug-likeness (QED) is 0.780. The Hall–Kier alpha value is -0.750. The Bertz CT molecular complexity index is 394. The molecule has 0 bridgehead atoms. The minimum atomic E-state index is -0.443. The molecular formula is C14H25N3O2S. The minimum Gasteiger partial charge on any atom is -0.339 e. The molecule has 2 atom stereocenters. The van der Waals surface area contributed by atoms with Crippen LogP contribution >= 0.6 is 11.8 Å². The summed E-state index contributed by atoms with van der Waals surface area (Å²) in [5, 5.41) is 0. The third-order valence-corrected chi connectivity index (χ3v) is 4.85. The summed E-state index contributed by atoms with van der Waals surface area (Å²) in [5.74, 6) is 1.45. The van der Waals surface area contributed by atoms with Crippen LogP contribution in [-0.2, 0) is 9.59 Å². The van der Waals surface area contributed by atoms with Crippen molar-refractivity contribution in [3.05, 3.63) is 0 Å². The molecule has 2 N–H and O–H groups in total. The van der Waals surface area contributed by atoms with Gasteiger partial charge in [-0.3, -0.25) is 9.59 Å². The van der Waals surface area contributed by atoms with Crippen LogP contribution in [0.1, 0.15) is 33.6 Å². The fourth-order valence-corrected chi connectivity index (χ4v) is 3.84. The second-order valence-corrected chi connectivity index (χ2v) is 7.73. The lowest BCUT2D eigenvalue weighted by atomic mass is 9.94. The van der Waals surface area contributed by atoms with Gasteiger partial charge >= 0.3 is 0 Å². The highest BCUT2D eigenvalue weighted by molar-refractivity contribution is 7.99. The monoisotopic (exact) mass is 299 g/mol. The molecule has 2 unspecified atom stereocenters. The molecule has 5 nitrogen and oxygen atoms in total. The first-order chi connectivity index (χ1) is 9.30. The summed E-state index contributed by atoms with van der Waals surface area (Å²) < 4.78 is 0. The van der Waals surface area contributed by atoms with E-state index in [2.05, 4.69) is 0 Å².